The second-order valence-corrected chi connectivity index (χ2v) is 4.16. The first-order chi connectivity index (χ1) is 10.1. The van der Waals surface area contributed by atoms with Gasteiger partial charge in [-0.05, 0) is 6.42 Å². The van der Waals surface area contributed by atoms with E-state index >= 15 is 0 Å². The van der Waals surface area contributed by atoms with Crippen LogP contribution in [-0.4, -0.2) is 23.5 Å². The first-order valence-corrected chi connectivity index (χ1v) is 5.99. The van der Waals surface area contributed by atoms with Gasteiger partial charge >= 0.3 is 17.6 Å². The molecule has 0 N–H and O–H groups in total. The zero-order valence-corrected chi connectivity index (χ0v) is 11.6. The summed E-state index contributed by atoms with van der Waals surface area (Å²) in [4.78, 5) is 24.7. The second-order valence-electron chi connectivity index (χ2n) is 4.16. The van der Waals surface area contributed by atoms with Gasteiger partial charge in [0.25, 0.3) is 0 Å². The van der Waals surface area contributed by atoms with Crippen LogP contribution in [0.4, 0.5) is 30.2 Å². The molecule has 0 amide bonds. The van der Waals surface area contributed by atoms with E-state index in [0.29, 0.717) is 6.42 Å². The molecule has 1 aromatic carbocycles. The largest absolute Gasteiger partial charge is 0.416 e. The minimum Gasteiger partial charge on any atom is -0.276 e. The molecule has 0 aromatic heterocycles. The predicted molar refractivity (Wildman–Crippen MR) is 69.4 cm³/mol. The Kier molecular flexibility index (Phi) is 5.25. The van der Waals surface area contributed by atoms with E-state index in [1.165, 1.54) is 0 Å². The maximum absolute atomic E-state index is 12.7. The van der Waals surface area contributed by atoms with Gasteiger partial charge in [-0.3, -0.25) is 25.1 Å². The minimum atomic E-state index is -4.95. The molecule has 0 heterocycles. The highest BCUT2D eigenvalue weighted by Crippen LogP contribution is 2.43. The molecule has 8 nitrogen and oxygen atoms in total. The van der Waals surface area contributed by atoms with Crippen molar-refractivity contribution in [2.24, 2.45) is 0 Å². The van der Waals surface area contributed by atoms with Gasteiger partial charge in [0.05, 0.1) is 22.5 Å². The van der Waals surface area contributed by atoms with E-state index in [4.69, 9.17) is 4.84 Å². The fourth-order valence-electron chi connectivity index (χ4n) is 1.80. The first-order valence-electron chi connectivity index (χ1n) is 5.99. The molecule has 1 rings (SSSR count). The number of benzene rings is 1. The van der Waals surface area contributed by atoms with Crippen LogP contribution in [0.3, 0.4) is 0 Å². The number of alkyl halides is 3. The maximum atomic E-state index is 12.7. The molecule has 0 unspecified atom stereocenters. The summed E-state index contributed by atoms with van der Waals surface area (Å²) in [5.41, 5.74) is -4.18. The Morgan fingerprint density at radius 3 is 1.91 bits per heavy atom. The molecule has 0 aliphatic heterocycles. The Hall–Kier alpha value is -2.43. The van der Waals surface area contributed by atoms with Crippen LogP contribution in [0.25, 0.3) is 0 Å². The monoisotopic (exact) mass is 323 g/mol. The van der Waals surface area contributed by atoms with Crippen molar-refractivity contribution in [1.29, 1.82) is 0 Å². The molecule has 0 saturated heterocycles. The van der Waals surface area contributed by atoms with Crippen LogP contribution in [0.2, 0.25) is 0 Å². The van der Waals surface area contributed by atoms with Crippen molar-refractivity contribution in [3.05, 3.63) is 37.9 Å². The van der Waals surface area contributed by atoms with Gasteiger partial charge in [0, 0.05) is 18.7 Å². The Morgan fingerprint density at radius 2 is 1.64 bits per heavy atom. The Bertz CT molecular complexity index is 556. The number of anilines is 1. The van der Waals surface area contributed by atoms with E-state index < -0.39 is 38.6 Å². The summed E-state index contributed by atoms with van der Waals surface area (Å²) in [7, 11) is 1.11. The molecule has 0 bridgehead atoms. The quantitative estimate of drug-likeness (QED) is 0.588. The lowest BCUT2D eigenvalue weighted by Crippen LogP contribution is -2.25. The van der Waals surface area contributed by atoms with Crippen molar-refractivity contribution < 1.29 is 27.9 Å². The van der Waals surface area contributed by atoms with Crippen LogP contribution < -0.4 is 5.06 Å². The summed E-state index contributed by atoms with van der Waals surface area (Å²) in [5.74, 6) is 0. The number of hydrogen-bond donors (Lipinski definition) is 0. The lowest BCUT2D eigenvalue weighted by Gasteiger charge is -2.21. The zero-order valence-electron chi connectivity index (χ0n) is 11.6. The van der Waals surface area contributed by atoms with Gasteiger partial charge in [-0.25, -0.2) is 5.06 Å². The van der Waals surface area contributed by atoms with Crippen molar-refractivity contribution >= 4 is 17.1 Å². The standard InChI is InChI=1S/C11H12F3N3O5/c1-3-4-15(22-2)10-8(16(18)19)5-7(11(12,13)14)6-9(10)17(20)21/h5-6H,3-4H2,1-2H3. The molecule has 0 spiro atoms. The van der Waals surface area contributed by atoms with Gasteiger partial charge in [0.15, 0.2) is 0 Å². The highest BCUT2D eigenvalue weighted by molar-refractivity contribution is 5.75. The number of hydrogen-bond acceptors (Lipinski definition) is 6. The number of nitro benzene ring substituents is 2. The van der Waals surface area contributed by atoms with E-state index in [9.17, 15) is 33.4 Å². The van der Waals surface area contributed by atoms with Crippen molar-refractivity contribution in [2.75, 3.05) is 18.7 Å². The molecule has 11 heteroatoms. The maximum Gasteiger partial charge on any atom is 0.416 e. The van der Waals surface area contributed by atoms with E-state index in [0.717, 1.165) is 12.2 Å². The Labute approximate surface area is 122 Å². The molecule has 0 aliphatic rings. The topological polar surface area (TPSA) is 98.8 Å². The summed E-state index contributed by atoms with van der Waals surface area (Å²) in [6.07, 6.45) is -4.54. The fourth-order valence-corrected chi connectivity index (χ4v) is 1.80. The van der Waals surface area contributed by atoms with E-state index in [2.05, 4.69) is 0 Å². The molecule has 0 fully saturated rings. The smallest absolute Gasteiger partial charge is 0.276 e. The van der Waals surface area contributed by atoms with Crippen molar-refractivity contribution in [3.8, 4) is 0 Å². The van der Waals surface area contributed by atoms with Crippen molar-refractivity contribution in [2.45, 2.75) is 19.5 Å². The third-order valence-corrected chi connectivity index (χ3v) is 2.69. The molecule has 1 aromatic rings. The third-order valence-electron chi connectivity index (χ3n) is 2.69. The number of hydroxylamine groups is 1. The predicted octanol–water partition coefficient (Wildman–Crippen LogP) is 3.30. The summed E-state index contributed by atoms with van der Waals surface area (Å²) >= 11 is 0. The number of halogens is 3. The molecule has 0 radical (unpaired) electrons. The number of rotatable bonds is 6. The molecule has 0 aliphatic carbocycles. The number of nitro groups is 2. The number of nitrogens with zero attached hydrogens (tertiary/aromatic N) is 3. The zero-order chi connectivity index (χ0) is 17.1. The molecule has 0 atom stereocenters. The summed E-state index contributed by atoms with van der Waals surface area (Å²) in [5, 5.41) is 22.9. The van der Waals surface area contributed by atoms with E-state index in [-0.39, 0.29) is 18.7 Å². The lowest BCUT2D eigenvalue weighted by atomic mass is 10.1. The highest BCUT2D eigenvalue weighted by atomic mass is 19.4. The fraction of sp³-hybridized carbons (Fsp3) is 0.455. The van der Waals surface area contributed by atoms with E-state index in [1.54, 1.807) is 6.92 Å². The molecular weight excluding hydrogens is 311 g/mol. The normalized spacial score (nSPS) is 11.3. The van der Waals surface area contributed by atoms with Gasteiger partial charge in [-0.1, -0.05) is 6.92 Å². The summed E-state index contributed by atoms with van der Waals surface area (Å²) in [6, 6.07) is 0.508. The SMILES string of the molecule is CCCN(OC)c1c([N+](=O)[O-])cc(C(F)(F)F)cc1[N+](=O)[O-]. The lowest BCUT2D eigenvalue weighted by molar-refractivity contribution is -0.393. The van der Waals surface area contributed by atoms with Gasteiger partial charge in [-0.15, -0.1) is 0 Å². The van der Waals surface area contributed by atoms with Crippen LogP contribution in [0, 0.1) is 20.2 Å². The Morgan fingerprint density at radius 1 is 1.18 bits per heavy atom. The van der Waals surface area contributed by atoms with Gasteiger partial charge in [0.1, 0.15) is 0 Å². The van der Waals surface area contributed by atoms with Gasteiger partial charge in [0.2, 0.25) is 5.69 Å². The van der Waals surface area contributed by atoms with Crippen LogP contribution in [0.1, 0.15) is 18.9 Å². The minimum absolute atomic E-state index is 0.0313. The molecule has 122 valence electrons. The van der Waals surface area contributed by atoms with Crippen molar-refractivity contribution in [3.63, 3.8) is 0 Å². The average molecular weight is 323 g/mol. The first kappa shape index (κ1) is 17.6. The second kappa shape index (κ2) is 6.56. The van der Waals surface area contributed by atoms with Crippen LogP contribution >= 0.6 is 0 Å². The summed E-state index contributed by atoms with van der Waals surface area (Å²) in [6.45, 7) is 1.71. The van der Waals surface area contributed by atoms with Gasteiger partial charge in [-0.2, -0.15) is 13.2 Å². The van der Waals surface area contributed by atoms with Crippen LogP contribution in [0.15, 0.2) is 12.1 Å². The average Bonchev–Trinajstić information content (AvgIpc) is 2.42. The molecule has 22 heavy (non-hydrogen) atoms. The molecular formula is C11H12F3N3O5. The highest BCUT2D eigenvalue weighted by Gasteiger charge is 2.39. The summed E-state index contributed by atoms with van der Waals surface area (Å²) < 4.78 is 38.2. The molecule has 0 saturated carbocycles. The van der Waals surface area contributed by atoms with Crippen LogP contribution in [-0.2, 0) is 11.0 Å². The van der Waals surface area contributed by atoms with E-state index in [1.807, 2.05) is 0 Å². The van der Waals surface area contributed by atoms with Crippen LogP contribution in [0.5, 0.6) is 0 Å². The van der Waals surface area contributed by atoms with Crippen molar-refractivity contribution in [1.82, 2.24) is 0 Å². The third kappa shape index (κ3) is 3.61. The Balaban J connectivity index is 3.71. The van der Waals surface area contributed by atoms with Gasteiger partial charge < -0.3 is 0 Å².